The number of rotatable bonds is 6. The number of hydrogen-bond acceptors (Lipinski definition) is 3. The molecule has 21 heavy (non-hydrogen) atoms. The Labute approximate surface area is 126 Å². The van der Waals surface area contributed by atoms with Crippen LogP contribution < -0.4 is 0 Å². The summed E-state index contributed by atoms with van der Waals surface area (Å²) in [6.07, 6.45) is 0.215. The van der Waals surface area contributed by atoms with Crippen molar-refractivity contribution in [1.82, 2.24) is 0 Å². The molecule has 2 aromatic rings. The van der Waals surface area contributed by atoms with Crippen molar-refractivity contribution in [3.05, 3.63) is 71.8 Å². The topological polar surface area (TPSA) is 49.7 Å². The molecule has 2 N–H and O–H groups in total. The van der Waals surface area contributed by atoms with Crippen LogP contribution >= 0.6 is 0 Å². The first-order valence-corrected chi connectivity index (χ1v) is 7.24. The van der Waals surface area contributed by atoms with Gasteiger partial charge in [0.2, 0.25) is 0 Å². The van der Waals surface area contributed by atoms with Crippen LogP contribution in [0.2, 0.25) is 0 Å². The van der Waals surface area contributed by atoms with Crippen LogP contribution in [0, 0.1) is 0 Å². The van der Waals surface area contributed by atoms with Crippen LogP contribution in [0.1, 0.15) is 30.9 Å². The number of aliphatic hydroxyl groups excluding tert-OH is 1. The summed E-state index contributed by atoms with van der Waals surface area (Å²) in [4.78, 5) is 0. The maximum atomic E-state index is 8.11. The van der Waals surface area contributed by atoms with Crippen molar-refractivity contribution in [1.29, 1.82) is 0 Å². The standard InChI is InChI=1S/C14H14O.C4H10O2/c1-3-7-13(8-4-1)11-15-12-14-9-5-2-6-10-14;1-2-3-4(5)6/h1-10H,11-12H2;4-6H,2-3H2,1H3. The van der Waals surface area contributed by atoms with E-state index >= 15 is 0 Å². The molecule has 0 heterocycles. The lowest BCUT2D eigenvalue weighted by molar-refractivity contribution is -0.0453. The highest BCUT2D eigenvalue weighted by molar-refractivity contribution is 5.15. The van der Waals surface area contributed by atoms with Gasteiger partial charge in [0.05, 0.1) is 13.2 Å². The largest absolute Gasteiger partial charge is 0.372 e. The minimum Gasteiger partial charge on any atom is -0.372 e. The zero-order valence-electron chi connectivity index (χ0n) is 12.5. The SMILES string of the molecule is CCCC(O)O.c1ccc(COCc2ccccc2)cc1. The van der Waals surface area contributed by atoms with Crippen molar-refractivity contribution in [3.63, 3.8) is 0 Å². The van der Waals surface area contributed by atoms with Crippen molar-refractivity contribution >= 4 is 0 Å². The van der Waals surface area contributed by atoms with Crippen molar-refractivity contribution in [2.75, 3.05) is 0 Å². The van der Waals surface area contributed by atoms with Gasteiger partial charge >= 0.3 is 0 Å². The van der Waals surface area contributed by atoms with E-state index in [9.17, 15) is 0 Å². The average Bonchev–Trinajstić information content (AvgIpc) is 2.50. The molecule has 0 bridgehead atoms. The van der Waals surface area contributed by atoms with Crippen LogP contribution in [0.15, 0.2) is 60.7 Å². The molecular formula is C18H24O3. The lowest BCUT2D eigenvalue weighted by Gasteiger charge is -2.03. The maximum absolute atomic E-state index is 8.11. The molecule has 0 amide bonds. The monoisotopic (exact) mass is 288 g/mol. The molecule has 0 fully saturated rings. The van der Waals surface area contributed by atoms with Crippen LogP contribution in [0.25, 0.3) is 0 Å². The molecule has 3 heteroatoms. The van der Waals surface area contributed by atoms with Gasteiger partial charge in [0, 0.05) is 0 Å². The van der Waals surface area contributed by atoms with E-state index in [0.29, 0.717) is 19.6 Å². The number of hydrogen-bond donors (Lipinski definition) is 2. The number of aliphatic hydroxyl groups is 2. The molecular weight excluding hydrogens is 264 g/mol. The Morgan fingerprint density at radius 3 is 1.52 bits per heavy atom. The summed E-state index contributed by atoms with van der Waals surface area (Å²) in [5.41, 5.74) is 2.43. The second-order valence-corrected chi connectivity index (χ2v) is 4.73. The van der Waals surface area contributed by atoms with Crippen LogP contribution in [-0.2, 0) is 18.0 Å². The summed E-state index contributed by atoms with van der Waals surface area (Å²) >= 11 is 0. The first-order chi connectivity index (χ1) is 10.2. The van der Waals surface area contributed by atoms with Gasteiger partial charge in [0.1, 0.15) is 0 Å². The first-order valence-electron chi connectivity index (χ1n) is 7.24. The van der Waals surface area contributed by atoms with E-state index in [0.717, 1.165) is 6.42 Å². The smallest absolute Gasteiger partial charge is 0.151 e. The second-order valence-electron chi connectivity index (χ2n) is 4.73. The lowest BCUT2D eigenvalue weighted by atomic mass is 10.2. The Hall–Kier alpha value is -1.68. The summed E-state index contributed by atoms with van der Waals surface area (Å²) in [6.45, 7) is 3.25. The first kappa shape index (κ1) is 17.4. The zero-order chi connectivity index (χ0) is 15.3. The molecule has 0 aromatic heterocycles. The van der Waals surface area contributed by atoms with Crippen LogP contribution in [-0.4, -0.2) is 16.5 Å². The van der Waals surface area contributed by atoms with Gasteiger partial charge in [-0.1, -0.05) is 74.0 Å². The van der Waals surface area contributed by atoms with E-state index in [1.807, 2.05) is 43.3 Å². The van der Waals surface area contributed by atoms with Crippen molar-refractivity contribution < 1.29 is 14.9 Å². The fraction of sp³-hybridized carbons (Fsp3) is 0.333. The molecule has 0 saturated heterocycles. The maximum Gasteiger partial charge on any atom is 0.151 e. The molecule has 3 nitrogen and oxygen atoms in total. The zero-order valence-corrected chi connectivity index (χ0v) is 12.5. The van der Waals surface area contributed by atoms with Crippen LogP contribution in [0.4, 0.5) is 0 Å². The van der Waals surface area contributed by atoms with Gasteiger partial charge in [-0.3, -0.25) is 0 Å². The molecule has 0 aliphatic rings. The molecule has 0 spiro atoms. The minimum atomic E-state index is -1.10. The predicted octanol–water partition coefficient (Wildman–Crippen LogP) is 3.50. The molecule has 0 radical (unpaired) electrons. The summed E-state index contributed by atoms with van der Waals surface area (Å²) in [6, 6.07) is 20.4. The summed E-state index contributed by atoms with van der Waals surface area (Å²) in [7, 11) is 0. The Kier molecular flexibility index (Phi) is 9.13. The fourth-order valence-electron chi connectivity index (χ4n) is 1.69. The number of ether oxygens (including phenoxy) is 1. The van der Waals surface area contributed by atoms with E-state index in [1.54, 1.807) is 0 Å². The molecule has 0 aliphatic carbocycles. The molecule has 114 valence electrons. The summed E-state index contributed by atoms with van der Waals surface area (Å²) in [5, 5.41) is 16.2. The normalized spacial score (nSPS) is 10.1. The highest BCUT2D eigenvalue weighted by atomic mass is 16.5. The Bertz CT molecular complexity index is 415. The molecule has 0 atom stereocenters. The summed E-state index contributed by atoms with van der Waals surface area (Å²) in [5.74, 6) is 0. The van der Waals surface area contributed by atoms with Gasteiger partial charge in [-0.25, -0.2) is 0 Å². The van der Waals surface area contributed by atoms with Crippen molar-refractivity contribution in [2.45, 2.75) is 39.3 Å². The minimum absolute atomic E-state index is 0.486. The molecule has 2 rings (SSSR count). The van der Waals surface area contributed by atoms with Gasteiger partial charge in [-0.2, -0.15) is 0 Å². The van der Waals surface area contributed by atoms with Crippen LogP contribution in [0.3, 0.4) is 0 Å². The molecule has 0 aliphatic heterocycles. The lowest BCUT2D eigenvalue weighted by Crippen LogP contribution is -2.01. The van der Waals surface area contributed by atoms with Crippen molar-refractivity contribution in [2.24, 2.45) is 0 Å². The molecule has 0 saturated carbocycles. The van der Waals surface area contributed by atoms with Gasteiger partial charge in [-0.15, -0.1) is 0 Å². The van der Waals surface area contributed by atoms with E-state index in [4.69, 9.17) is 14.9 Å². The number of benzene rings is 2. The highest BCUT2D eigenvalue weighted by Gasteiger charge is 1.93. The summed E-state index contributed by atoms with van der Waals surface area (Å²) < 4.78 is 5.61. The average molecular weight is 288 g/mol. The van der Waals surface area contributed by atoms with Crippen LogP contribution in [0.5, 0.6) is 0 Å². The third kappa shape index (κ3) is 8.97. The van der Waals surface area contributed by atoms with E-state index in [1.165, 1.54) is 11.1 Å². The van der Waals surface area contributed by atoms with Gasteiger partial charge in [-0.05, 0) is 17.5 Å². The third-order valence-corrected chi connectivity index (χ3v) is 2.77. The Balaban J connectivity index is 0.000000315. The Morgan fingerprint density at radius 1 is 0.810 bits per heavy atom. The van der Waals surface area contributed by atoms with Gasteiger partial charge in [0.15, 0.2) is 6.29 Å². The highest BCUT2D eigenvalue weighted by Crippen LogP contribution is 2.05. The molecule has 0 unspecified atom stereocenters. The quantitative estimate of drug-likeness (QED) is 0.800. The third-order valence-electron chi connectivity index (χ3n) is 2.77. The van der Waals surface area contributed by atoms with E-state index < -0.39 is 6.29 Å². The van der Waals surface area contributed by atoms with E-state index in [2.05, 4.69) is 24.3 Å². The van der Waals surface area contributed by atoms with Gasteiger partial charge < -0.3 is 14.9 Å². The predicted molar refractivity (Wildman–Crippen MR) is 84.5 cm³/mol. The van der Waals surface area contributed by atoms with E-state index in [-0.39, 0.29) is 0 Å². The second kappa shape index (κ2) is 11.0. The Morgan fingerprint density at radius 2 is 1.24 bits per heavy atom. The van der Waals surface area contributed by atoms with Gasteiger partial charge in [0.25, 0.3) is 0 Å². The fourth-order valence-corrected chi connectivity index (χ4v) is 1.69. The van der Waals surface area contributed by atoms with Crippen molar-refractivity contribution in [3.8, 4) is 0 Å². The molecule has 2 aromatic carbocycles.